The van der Waals surface area contributed by atoms with Crippen LogP contribution in [0.4, 0.5) is 0 Å². The van der Waals surface area contributed by atoms with Crippen LogP contribution in [0.15, 0.2) is 65.7 Å². The van der Waals surface area contributed by atoms with Gasteiger partial charge in [-0.25, -0.2) is 0 Å². The van der Waals surface area contributed by atoms with Gasteiger partial charge in [0.15, 0.2) is 0 Å². The van der Waals surface area contributed by atoms with Gasteiger partial charge in [-0.3, -0.25) is 0 Å². The van der Waals surface area contributed by atoms with Crippen LogP contribution in [0, 0.1) is 0 Å². The Hall–Kier alpha value is -2.89. The summed E-state index contributed by atoms with van der Waals surface area (Å²) in [6, 6.07) is 15.4. The highest BCUT2D eigenvalue weighted by Crippen LogP contribution is 2.59. The van der Waals surface area contributed by atoms with E-state index in [1.807, 2.05) is 48.5 Å². The van der Waals surface area contributed by atoms with Crippen molar-refractivity contribution in [3.05, 3.63) is 83.6 Å². The molecule has 5 nitrogen and oxygen atoms in total. The molecule has 2 N–H and O–H groups in total. The molecule has 0 saturated heterocycles. The Balaban J connectivity index is 1.68. The van der Waals surface area contributed by atoms with E-state index < -0.39 is 11.2 Å². The Morgan fingerprint density at radius 1 is 1.14 bits per heavy atom. The number of benzene rings is 2. The van der Waals surface area contributed by atoms with E-state index in [-0.39, 0.29) is 6.42 Å². The molecule has 0 bridgehead atoms. The third kappa shape index (κ3) is 2.51. The zero-order chi connectivity index (χ0) is 20.1. The van der Waals surface area contributed by atoms with Gasteiger partial charge in [0, 0.05) is 18.4 Å². The van der Waals surface area contributed by atoms with Crippen molar-refractivity contribution in [1.29, 1.82) is 0 Å². The first-order valence-corrected chi connectivity index (χ1v) is 9.94. The van der Waals surface area contributed by atoms with Gasteiger partial charge in [0.2, 0.25) is 0 Å². The van der Waals surface area contributed by atoms with Crippen molar-refractivity contribution in [2.24, 2.45) is 0 Å². The fraction of sp³-hybridized carbons (Fsp3) is 0.292. The standard InChI is InChI=1S/C24H23NO4/c1-2-13-23(26)17-10-6-11-18(28-15-16-8-4-3-5-9-16)20(17)22-21-19(29-25-22)12-7-14-24(21,23)27/h2-6,8-11,26-27H,1,7,12-15H2/t23-,24+/m0/s1. The smallest absolute Gasteiger partial charge is 0.143 e. The number of hydrogen-bond acceptors (Lipinski definition) is 5. The minimum absolute atomic E-state index is 0.211. The van der Waals surface area contributed by atoms with Gasteiger partial charge in [-0.2, -0.15) is 0 Å². The lowest BCUT2D eigenvalue weighted by molar-refractivity contribution is -0.174. The van der Waals surface area contributed by atoms with Gasteiger partial charge >= 0.3 is 0 Å². The largest absolute Gasteiger partial charge is 0.488 e. The summed E-state index contributed by atoms with van der Waals surface area (Å²) >= 11 is 0. The molecule has 0 amide bonds. The molecule has 0 radical (unpaired) electrons. The van der Waals surface area contributed by atoms with E-state index in [0.717, 1.165) is 12.0 Å². The highest BCUT2D eigenvalue weighted by Gasteiger charge is 2.59. The second-order valence-electron chi connectivity index (χ2n) is 7.85. The normalized spacial score (nSPS) is 24.5. The summed E-state index contributed by atoms with van der Waals surface area (Å²) in [5.74, 6) is 1.25. The van der Waals surface area contributed by atoms with Gasteiger partial charge in [0.25, 0.3) is 0 Å². The van der Waals surface area contributed by atoms with E-state index in [1.54, 1.807) is 6.08 Å². The number of nitrogens with zero attached hydrogens (tertiary/aromatic N) is 1. The number of aliphatic hydroxyl groups is 2. The number of aryl methyl sites for hydroxylation is 1. The maximum Gasteiger partial charge on any atom is 0.143 e. The van der Waals surface area contributed by atoms with Crippen LogP contribution in [0.5, 0.6) is 5.75 Å². The molecule has 29 heavy (non-hydrogen) atoms. The molecule has 1 heterocycles. The molecule has 0 spiro atoms. The maximum absolute atomic E-state index is 11.8. The fourth-order valence-electron chi connectivity index (χ4n) is 4.82. The van der Waals surface area contributed by atoms with Crippen LogP contribution in [0.1, 0.15) is 41.7 Å². The average molecular weight is 389 g/mol. The molecule has 0 unspecified atom stereocenters. The Morgan fingerprint density at radius 2 is 1.97 bits per heavy atom. The summed E-state index contributed by atoms with van der Waals surface area (Å²) in [6.07, 6.45) is 3.70. The fourth-order valence-corrected chi connectivity index (χ4v) is 4.82. The van der Waals surface area contributed by atoms with Gasteiger partial charge in [-0.15, -0.1) is 6.58 Å². The first kappa shape index (κ1) is 18.2. The number of ether oxygens (including phenoxy) is 1. The molecule has 148 valence electrons. The zero-order valence-electron chi connectivity index (χ0n) is 16.1. The third-order valence-corrected chi connectivity index (χ3v) is 6.19. The topological polar surface area (TPSA) is 75.7 Å². The minimum Gasteiger partial charge on any atom is -0.488 e. The summed E-state index contributed by atoms with van der Waals surface area (Å²) in [5.41, 5.74) is 0.495. The predicted octanol–water partition coefficient (Wildman–Crippen LogP) is 4.22. The van der Waals surface area contributed by atoms with Gasteiger partial charge in [0.05, 0.1) is 11.1 Å². The lowest BCUT2D eigenvalue weighted by Gasteiger charge is -2.48. The van der Waals surface area contributed by atoms with Crippen LogP contribution in [0.2, 0.25) is 0 Å². The number of hydrogen-bond donors (Lipinski definition) is 2. The molecule has 0 aliphatic heterocycles. The maximum atomic E-state index is 11.8. The van der Waals surface area contributed by atoms with E-state index in [0.29, 0.717) is 53.3 Å². The number of fused-ring (bicyclic) bond motifs is 2. The second kappa shape index (κ2) is 6.58. The van der Waals surface area contributed by atoms with E-state index in [1.165, 1.54) is 0 Å². The van der Waals surface area contributed by atoms with Gasteiger partial charge in [0.1, 0.15) is 35.0 Å². The van der Waals surface area contributed by atoms with Crippen LogP contribution >= 0.6 is 0 Å². The van der Waals surface area contributed by atoms with Crippen molar-refractivity contribution in [1.82, 2.24) is 5.16 Å². The molecule has 2 atom stereocenters. The lowest BCUT2D eigenvalue weighted by Crippen LogP contribution is -2.53. The van der Waals surface area contributed by atoms with E-state index in [4.69, 9.17) is 9.26 Å². The van der Waals surface area contributed by atoms with Crippen LogP contribution in [0.25, 0.3) is 11.3 Å². The highest BCUT2D eigenvalue weighted by atomic mass is 16.5. The first-order chi connectivity index (χ1) is 14.1. The summed E-state index contributed by atoms with van der Waals surface area (Å²) < 4.78 is 11.7. The lowest BCUT2D eigenvalue weighted by atomic mass is 9.61. The molecule has 5 heteroatoms. The van der Waals surface area contributed by atoms with Crippen molar-refractivity contribution in [3.63, 3.8) is 0 Å². The quantitative estimate of drug-likeness (QED) is 0.639. The van der Waals surface area contributed by atoms with Gasteiger partial charge in [-0.1, -0.05) is 53.7 Å². The summed E-state index contributed by atoms with van der Waals surface area (Å²) in [4.78, 5) is 0. The van der Waals surface area contributed by atoms with Crippen molar-refractivity contribution >= 4 is 0 Å². The minimum atomic E-state index is -1.52. The molecule has 2 aliphatic carbocycles. The molecule has 2 aliphatic rings. The average Bonchev–Trinajstić information content (AvgIpc) is 3.17. The van der Waals surface area contributed by atoms with Crippen molar-refractivity contribution < 1.29 is 19.5 Å². The molecule has 2 aromatic carbocycles. The summed E-state index contributed by atoms with van der Waals surface area (Å²) in [5, 5.41) is 27.8. The Kier molecular flexibility index (Phi) is 4.12. The second-order valence-corrected chi connectivity index (χ2v) is 7.85. The van der Waals surface area contributed by atoms with E-state index >= 15 is 0 Å². The molecule has 3 aromatic rings. The Morgan fingerprint density at radius 3 is 2.76 bits per heavy atom. The van der Waals surface area contributed by atoms with Gasteiger partial charge in [-0.05, 0) is 24.5 Å². The Bertz CT molecular complexity index is 1070. The molecule has 0 saturated carbocycles. The van der Waals surface area contributed by atoms with Crippen molar-refractivity contribution in [2.45, 2.75) is 43.5 Å². The molecule has 0 fully saturated rings. The van der Waals surface area contributed by atoms with Crippen LogP contribution < -0.4 is 4.74 Å². The number of aromatic nitrogens is 1. The monoisotopic (exact) mass is 389 g/mol. The van der Waals surface area contributed by atoms with E-state index in [9.17, 15) is 10.2 Å². The molecular formula is C24H23NO4. The highest BCUT2D eigenvalue weighted by molar-refractivity contribution is 5.79. The summed E-state index contributed by atoms with van der Waals surface area (Å²) in [7, 11) is 0. The third-order valence-electron chi connectivity index (χ3n) is 6.19. The van der Waals surface area contributed by atoms with Crippen molar-refractivity contribution in [3.8, 4) is 17.0 Å². The first-order valence-electron chi connectivity index (χ1n) is 9.94. The van der Waals surface area contributed by atoms with Gasteiger partial charge < -0.3 is 19.5 Å². The van der Waals surface area contributed by atoms with Crippen LogP contribution in [-0.2, 0) is 24.2 Å². The Labute approximate surface area is 169 Å². The van der Waals surface area contributed by atoms with Crippen molar-refractivity contribution in [2.75, 3.05) is 0 Å². The molecule has 1 aromatic heterocycles. The molecule has 5 rings (SSSR count). The van der Waals surface area contributed by atoms with Crippen LogP contribution in [-0.4, -0.2) is 15.4 Å². The number of rotatable bonds is 5. The summed E-state index contributed by atoms with van der Waals surface area (Å²) in [6.45, 7) is 4.20. The van der Waals surface area contributed by atoms with Crippen LogP contribution in [0.3, 0.4) is 0 Å². The molecular weight excluding hydrogens is 366 g/mol. The predicted molar refractivity (Wildman–Crippen MR) is 108 cm³/mol. The SMILES string of the molecule is C=CC[C@]1(O)c2cccc(OCc3ccccc3)c2-c2noc3c2[C@]1(O)CCC3. The zero-order valence-corrected chi connectivity index (χ0v) is 16.1. The van der Waals surface area contributed by atoms with E-state index in [2.05, 4.69) is 11.7 Å².